The molecule has 1 aromatic heterocycles. The third kappa shape index (κ3) is 4.37. The number of nitrogens with zero attached hydrogens (tertiary/aromatic N) is 1. The molecule has 1 aromatic rings. The Morgan fingerprint density at radius 3 is 3.12 bits per heavy atom. The predicted octanol–water partition coefficient (Wildman–Crippen LogP) is 2.46. The highest BCUT2D eigenvalue weighted by Crippen LogP contribution is 2.09. The normalized spacial score (nSPS) is 12.9. The van der Waals surface area contributed by atoms with Gasteiger partial charge < -0.3 is 4.74 Å². The Labute approximate surface area is 104 Å². The monoisotopic (exact) mass is 257 g/mol. The Kier molecular flexibility index (Phi) is 6.18. The van der Waals surface area contributed by atoms with Crippen LogP contribution in [0, 0.1) is 0 Å². The highest BCUT2D eigenvalue weighted by molar-refractivity contribution is 7.98. The van der Waals surface area contributed by atoms with E-state index in [0.29, 0.717) is 0 Å². The molecule has 16 heavy (non-hydrogen) atoms. The van der Waals surface area contributed by atoms with Gasteiger partial charge in [0.2, 0.25) is 0 Å². The van der Waals surface area contributed by atoms with Crippen LogP contribution in [0.25, 0.3) is 0 Å². The van der Waals surface area contributed by atoms with Gasteiger partial charge in [0.15, 0.2) is 0 Å². The average molecular weight is 257 g/mol. The van der Waals surface area contributed by atoms with Crippen molar-refractivity contribution in [3.63, 3.8) is 0 Å². The molecule has 5 heteroatoms. The van der Waals surface area contributed by atoms with E-state index in [-0.39, 0.29) is 12.0 Å². The third-order valence-corrected chi connectivity index (χ3v) is 3.44. The number of rotatable bonds is 6. The van der Waals surface area contributed by atoms with E-state index in [1.54, 1.807) is 29.3 Å². The molecule has 0 bridgehead atoms. The van der Waals surface area contributed by atoms with E-state index >= 15 is 0 Å². The van der Waals surface area contributed by atoms with Gasteiger partial charge in [-0.3, -0.25) is 4.99 Å². The molecule has 0 aromatic carbocycles. The van der Waals surface area contributed by atoms with Crippen molar-refractivity contribution in [2.45, 2.75) is 12.5 Å². The maximum absolute atomic E-state index is 11.4. The number of hydrogen-bond donors (Lipinski definition) is 0. The van der Waals surface area contributed by atoms with E-state index in [9.17, 15) is 4.79 Å². The second kappa shape index (κ2) is 7.46. The van der Waals surface area contributed by atoms with Crippen LogP contribution >= 0.6 is 23.1 Å². The summed E-state index contributed by atoms with van der Waals surface area (Å²) in [5, 5.41) is 1.98. The van der Waals surface area contributed by atoms with Crippen LogP contribution in [0.15, 0.2) is 22.5 Å². The van der Waals surface area contributed by atoms with Crippen LogP contribution in [0.2, 0.25) is 0 Å². The van der Waals surface area contributed by atoms with E-state index in [2.05, 4.69) is 4.99 Å². The molecule has 0 aliphatic rings. The first-order valence-electron chi connectivity index (χ1n) is 4.91. The van der Waals surface area contributed by atoms with Crippen LogP contribution in [-0.4, -0.2) is 37.3 Å². The molecule has 0 N–H and O–H groups in total. The van der Waals surface area contributed by atoms with E-state index in [0.717, 1.165) is 17.1 Å². The van der Waals surface area contributed by atoms with Gasteiger partial charge in [-0.2, -0.15) is 11.8 Å². The molecule has 0 saturated heterocycles. The number of carbonyl (C=O) groups excluding carboxylic acids is 1. The molecule has 0 amide bonds. The summed E-state index contributed by atoms with van der Waals surface area (Å²) in [5.41, 5.74) is 0. The van der Waals surface area contributed by atoms with Gasteiger partial charge in [-0.25, -0.2) is 4.79 Å². The van der Waals surface area contributed by atoms with Gasteiger partial charge in [-0.05, 0) is 29.9 Å². The maximum Gasteiger partial charge on any atom is 0.330 e. The average Bonchev–Trinajstić information content (AvgIpc) is 2.81. The number of carbonyl (C=O) groups is 1. The maximum atomic E-state index is 11.4. The van der Waals surface area contributed by atoms with E-state index in [1.807, 2.05) is 23.8 Å². The first-order valence-corrected chi connectivity index (χ1v) is 7.18. The fourth-order valence-corrected chi connectivity index (χ4v) is 2.20. The highest BCUT2D eigenvalue weighted by atomic mass is 32.2. The first-order chi connectivity index (χ1) is 7.77. The summed E-state index contributed by atoms with van der Waals surface area (Å²) < 4.78 is 4.72. The van der Waals surface area contributed by atoms with Crippen molar-refractivity contribution >= 4 is 35.3 Å². The van der Waals surface area contributed by atoms with Crippen LogP contribution in [-0.2, 0) is 9.53 Å². The second-order valence-electron chi connectivity index (χ2n) is 3.11. The summed E-state index contributed by atoms with van der Waals surface area (Å²) in [5.74, 6) is 0.642. The number of thiophene rings is 1. The van der Waals surface area contributed by atoms with Gasteiger partial charge in [0.1, 0.15) is 6.04 Å². The van der Waals surface area contributed by atoms with Crippen molar-refractivity contribution in [3.8, 4) is 0 Å². The first kappa shape index (κ1) is 13.3. The number of ether oxygens (including phenoxy) is 1. The highest BCUT2D eigenvalue weighted by Gasteiger charge is 2.16. The minimum Gasteiger partial charge on any atom is -0.467 e. The van der Waals surface area contributed by atoms with Gasteiger partial charge in [0, 0.05) is 11.1 Å². The lowest BCUT2D eigenvalue weighted by atomic mass is 10.2. The predicted molar refractivity (Wildman–Crippen MR) is 70.7 cm³/mol. The molecular weight excluding hydrogens is 242 g/mol. The lowest BCUT2D eigenvalue weighted by molar-refractivity contribution is -0.142. The molecular formula is C11H15NO2S2. The zero-order valence-electron chi connectivity index (χ0n) is 9.38. The quantitative estimate of drug-likeness (QED) is 0.580. The number of aliphatic imine (C=N–C) groups is 1. The third-order valence-electron chi connectivity index (χ3n) is 1.99. The molecule has 88 valence electrons. The van der Waals surface area contributed by atoms with Crippen molar-refractivity contribution in [2.24, 2.45) is 4.99 Å². The number of thioether (sulfide) groups is 1. The Bertz CT molecular complexity index is 336. The second-order valence-corrected chi connectivity index (χ2v) is 5.08. The molecule has 0 aliphatic heterocycles. The van der Waals surface area contributed by atoms with Crippen LogP contribution in [0.4, 0.5) is 0 Å². The molecule has 0 saturated carbocycles. The summed E-state index contributed by atoms with van der Waals surface area (Å²) >= 11 is 3.30. The van der Waals surface area contributed by atoms with Crippen molar-refractivity contribution in [1.29, 1.82) is 0 Å². The van der Waals surface area contributed by atoms with Gasteiger partial charge in [0.25, 0.3) is 0 Å². The lowest BCUT2D eigenvalue weighted by Gasteiger charge is -2.08. The van der Waals surface area contributed by atoms with E-state index in [1.165, 1.54) is 7.11 Å². The zero-order valence-corrected chi connectivity index (χ0v) is 11.0. The van der Waals surface area contributed by atoms with E-state index < -0.39 is 0 Å². The topological polar surface area (TPSA) is 38.7 Å². The van der Waals surface area contributed by atoms with Gasteiger partial charge >= 0.3 is 5.97 Å². The molecule has 3 nitrogen and oxygen atoms in total. The minimum atomic E-state index is -0.375. The van der Waals surface area contributed by atoms with Crippen LogP contribution in [0.5, 0.6) is 0 Å². The smallest absolute Gasteiger partial charge is 0.330 e. The molecule has 0 aliphatic carbocycles. The van der Waals surface area contributed by atoms with Crippen molar-refractivity contribution in [2.75, 3.05) is 19.1 Å². The fourth-order valence-electron chi connectivity index (χ4n) is 1.15. The Balaban J connectivity index is 2.58. The number of esters is 1. The molecule has 1 atom stereocenters. The van der Waals surface area contributed by atoms with Crippen LogP contribution in [0.3, 0.4) is 0 Å². The summed E-state index contributed by atoms with van der Waals surface area (Å²) in [6, 6.07) is 3.55. The van der Waals surface area contributed by atoms with Crippen LogP contribution in [0.1, 0.15) is 11.3 Å². The molecule has 1 unspecified atom stereocenters. The Hall–Kier alpha value is -0.810. The zero-order chi connectivity index (χ0) is 11.8. The molecule has 0 fully saturated rings. The summed E-state index contributed by atoms with van der Waals surface area (Å²) in [4.78, 5) is 16.8. The van der Waals surface area contributed by atoms with E-state index in [4.69, 9.17) is 4.74 Å². The van der Waals surface area contributed by atoms with Crippen LogP contribution < -0.4 is 0 Å². The Morgan fingerprint density at radius 1 is 1.75 bits per heavy atom. The minimum absolute atomic E-state index is 0.262. The molecule has 0 spiro atoms. The Morgan fingerprint density at radius 2 is 2.56 bits per heavy atom. The lowest BCUT2D eigenvalue weighted by Crippen LogP contribution is -2.21. The van der Waals surface area contributed by atoms with Crippen molar-refractivity contribution in [1.82, 2.24) is 0 Å². The van der Waals surface area contributed by atoms with Crippen molar-refractivity contribution < 1.29 is 9.53 Å². The van der Waals surface area contributed by atoms with Gasteiger partial charge in [0.05, 0.1) is 7.11 Å². The molecule has 0 radical (unpaired) electrons. The summed E-state index contributed by atoms with van der Waals surface area (Å²) in [6.45, 7) is 0. The van der Waals surface area contributed by atoms with Gasteiger partial charge in [-0.1, -0.05) is 6.07 Å². The summed E-state index contributed by atoms with van der Waals surface area (Å²) in [7, 11) is 1.40. The van der Waals surface area contributed by atoms with Gasteiger partial charge in [-0.15, -0.1) is 11.3 Å². The van der Waals surface area contributed by atoms with Crippen molar-refractivity contribution in [3.05, 3.63) is 22.4 Å². The number of methoxy groups -OCH3 is 1. The largest absolute Gasteiger partial charge is 0.467 e. The number of hydrogen-bond acceptors (Lipinski definition) is 5. The fraction of sp³-hybridized carbons (Fsp3) is 0.455. The molecule has 1 rings (SSSR count). The standard InChI is InChI=1S/C11H15NO2S2/c1-14-11(13)10(5-7-15-2)12-8-9-4-3-6-16-9/h3-4,6,8,10H,5,7H2,1-2H3. The molecule has 1 heterocycles. The SMILES string of the molecule is COC(=O)C(CCSC)N=Cc1cccs1. The summed E-state index contributed by atoms with van der Waals surface area (Å²) in [6.07, 6.45) is 4.47.